The molecule has 1 amide bonds. The van der Waals surface area contributed by atoms with Crippen molar-refractivity contribution in [2.24, 2.45) is 7.05 Å². The fourth-order valence-electron chi connectivity index (χ4n) is 2.77. The molecule has 0 fully saturated rings. The third-order valence-corrected chi connectivity index (χ3v) is 4.10. The van der Waals surface area contributed by atoms with Gasteiger partial charge in [0.15, 0.2) is 0 Å². The molecule has 1 aromatic heterocycles. The van der Waals surface area contributed by atoms with Gasteiger partial charge in [-0.05, 0) is 35.7 Å². The summed E-state index contributed by atoms with van der Waals surface area (Å²) in [4.78, 5) is 23.9. The number of rotatable bonds is 4. The van der Waals surface area contributed by atoms with Crippen molar-refractivity contribution in [3.8, 4) is 0 Å². The fourth-order valence-corrected chi connectivity index (χ4v) is 2.77. The normalized spacial score (nSPS) is 12.1. The zero-order valence-corrected chi connectivity index (χ0v) is 13.8. The van der Waals surface area contributed by atoms with E-state index in [4.69, 9.17) is 0 Å². The number of carbonyl (C=O) groups excluding carboxylic acids is 1. The third kappa shape index (κ3) is 3.54. The van der Waals surface area contributed by atoms with Crippen molar-refractivity contribution in [3.05, 3.63) is 82.3 Å². The summed E-state index contributed by atoms with van der Waals surface area (Å²) in [5, 5.41) is 5.35. The first-order chi connectivity index (χ1) is 11.5. The number of hydrogen-bond donors (Lipinski definition) is 1. The number of hydrogen-bond acceptors (Lipinski definition) is 2. The van der Waals surface area contributed by atoms with Crippen LogP contribution in [-0.4, -0.2) is 16.5 Å². The Balaban J connectivity index is 1.69. The number of amides is 1. The molecule has 24 heavy (non-hydrogen) atoms. The smallest absolute Gasteiger partial charge is 0.251 e. The number of nitrogens with one attached hydrogen (secondary N) is 1. The van der Waals surface area contributed by atoms with E-state index in [-0.39, 0.29) is 17.5 Å². The summed E-state index contributed by atoms with van der Waals surface area (Å²) in [6.45, 7) is 1.97. The van der Waals surface area contributed by atoms with Crippen molar-refractivity contribution in [1.82, 2.24) is 9.88 Å². The van der Waals surface area contributed by atoms with Gasteiger partial charge in [-0.2, -0.15) is 0 Å². The van der Waals surface area contributed by atoms with E-state index in [1.807, 2.05) is 19.1 Å². The quantitative estimate of drug-likeness (QED) is 0.803. The number of fused-ring (bicyclic) bond motifs is 1. The summed E-state index contributed by atoms with van der Waals surface area (Å²) in [6, 6.07) is 17.5. The zero-order valence-electron chi connectivity index (χ0n) is 13.8. The molecule has 1 heterocycles. The second-order valence-corrected chi connectivity index (χ2v) is 6.12. The molecular weight excluding hydrogens is 300 g/mol. The monoisotopic (exact) mass is 320 g/mol. The van der Waals surface area contributed by atoms with E-state index in [9.17, 15) is 9.59 Å². The molecule has 4 heteroatoms. The first-order valence-electron chi connectivity index (χ1n) is 7.98. The molecule has 0 spiro atoms. The standard InChI is InChI=1S/C20H20N2O2/c1-14(21-20(24)18-9-10-22(2)19(23)13-18)11-15-7-8-16-5-3-4-6-17(16)12-15/h3-10,12-14H,11H2,1-2H3,(H,21,24)/t14-/m0/s1. The number of aromatic nitrogens is 1. The van der Waals surface area contributed by atoms with Gasteiger partial charge in [-0.1, -0.05) is 42.5 Å². The van der Waals surface area contributed by atoms with Crippen LogP contribution < -0.4 is 10.9 Å². The van der Waals surface area contributed by atoms with E-state index in [0.29, 0.717) is 5.56 Å². The maximum absolute atomic E-state index is 12.3. The molecule has 0 aliphatic heterocycles. The zero-order chi connectivity index (χ0) is 17.1. The molecule has 2 aromatic carbocycles. The minimum absolute atomic E-state index is 0.0253. The van der Waals surface area contributed by atoms with Crippen molar-refractivity contribution < 1.29 is 4.79 Å². The third-order valence-electron chi connectivity index (χ3n) is 4.10. The topological polar surface area (TPSA) is 51.1 Å². The van der Waals surface area contributed by atoms with Crippen LogP contribution in [0.3, 0.4) is 0 Å². The van der Waals surface area contributed by atoms with E-state index in [2.05, 4.69) is 35.6 Å². The van der Waals surface area contributed by atoms with Crippen molar-refractivity contribution in [2.75, 3.05) is 0 Å². The maximum atomic E-state index is 12.3. The highest BCUT2D eigenvalue weighted by molar-refractivity contribution is 5.94. The molecule has 4 nitrogen and oxygen atoms in total. The molecule has 0 aliphatic rings. The molecule has 1 atom stereocenters. The van der Waals surface area contributed by atoms with Gasteiger partial charge in [0.2, 0.25) is 0 Å². The number of benzene rings is 2. The molecule has 0 aliphatic carbocycles. The van der Waals surface area contributed by atoms with Gasteiger partial charge in [-0.25, -0.2) is 0 Å². The van der Waals surface area contributed by atoms with Crippen LogP contribution in [0.25, 0.3) is 10.8 Å². The summed E-state index contributed by atoms with van der Waals surface area (Å²) in [6.07, 6.45) is 2.34. The number of aryl methyl sites for hydroxylation is 1. The molecule has 1 N–H and O–H groups in total. The molecule has 0 bridgehead atoms. The number of nitrogens with zero attached hydrogens (tertiary/aromatic N) is 1. The molecule has 0 radical (unpaired) electrons. The minimum atomic E-state index is -0.221. The Morgan fingerprint density at radius 3 is 2.58 bits per heavy atom. The molecule has 3 aromatic rings. The van der Waals surface area contributed by atoms with Gasteiger partial charge in [-0.3, -0.25) is 9.59 Å². The van der Waals surface area contributed by atoms with Gasteiger partial charge < -0.3 is 9.88 Å². The first kappa shape index (κ1) is 16.0. The molecule has 0 saturated heterocycles. The van der Waals surface area contributed by atoms with Gasteiger partial charge in [0.05, 0.1) is 0 Å². The molecule has 3 rings (SSSR count). The van der Waals surface area contributed by atoms with Crippen LogP contribution in [0.5, 0.6) is 0 Å². The minimum Gasteiger partial charge on any atom is -0.349 e. The lowest BCUT2D eigenvalue weighted by Crippen LogP contribution is -2.34. The van der Waals surface area contributed by atoms with Crippen LogP contribution >= 0.6 is 0 Å². The average Bonchev–Trinajstić information content (AvgIpc) is 2.57. The molecular formula is C20H20N2O2. The fraction of sp³-hybridized carbons (Fsp3) is 0.200. The van der Waals surface area contributed by atoms with E-state index in [1.165, 1.54) is 27.0 Å². The second kappa shape index (κ2) is 6.71. The lowest BCUT2D eigenvalue weighted by molar-refractivity contribution is 0.0940. The van der Waals surface area contributed by atoms with Crippen LogP contribution in [0.4, 0.5) is 0 Å². The van der Waals surface area contributed by atoms with E-state index in [1.54, 1.807) is 19.3 Å². The van der Waals surface area contributed by atoms with Crippen molar-refractivity contribution >= 4 is 16.7 Å². The summed E-state index contributed by atoms with van der Waals surface area (Å²) in [5.74, 6) is -0.221. The SMILES string of the molecule is C[C@@H](Cc1ccc2ccccc2c1)NC(=O)c1ccn(C)c(=O)c1. The Hall–Kier alpha value is -2.88. The van der Waals surface area contributed by atoms with Crippen LogP contribution in [0.15, 0.2) is 65.6 Å². The molecule has 0 saturated carbocycles. The van der Waals surface area contributed by atoms with E-state index in [0.717, 1.165) is 6.42 Å². The maximum Gasteiger partial charge on any atom is 0.251 e. The number of pyridine rings is 1. The average molecular weight is 320 g/mol. The second-order valence-electron chi connectivity index (χ2n) is 6.12. The predicted molar refractivity (Wildman–Crippen MR) is 96.3 cm³/mol. The Kier molecular flexibility index (Phi) is 4.47. The predicted octanol–water partition coefficient (Wildman–Crippen LogP) is 2.90. The Bertz CT molecular complexity index is 944. The van der Waals surface area contributed by atoms with Crippen LogP contribution in [0, 0.1) is 0 Å². The Morgan fingerprint density at radius 2 is 1.83 bits per heavy atom. The van der Waals surface area contributed by atoms with Gasteiger partial charge in [0, 0.05) is 30.9 Å². The molecule has 0 unspecified atom stereocenters. The van der Waals surface area contributed by atoms with Gasteiger partial charge in [0.1, 0.15) is 0 Å². The summed E-state index contributed by atoms with van der Waals surface area (Å²) in [7, 11) is 1.66. The van der Waals surface area contributed by atoms with Crippen LogP contribution in [-0.2, 0) is 13.5 Å². The highest BCUT2D eigenvalue weighted by atomic mass is 16.2. The van der Waals surface area contributed by atoms with Gasteiger partial charge >= 0.3 is 0 Å². The van der Waals surface area contributed by atoms with E-state index < -0.39 is 0 Å². The largest absolute Gasteiger partial charge is 0.349 e. The summed E-state index contributed by atoms with van der Waals surface area (Å²) in [5.41, 5.74) is 1.37. The van der Waals surface area contributed by atoms with Crippen molar-refractivity contribution in [3.63, 3.8) is 0 Å². The summed E-state index contributed by atoms with van der Waals surface area (Å²) < 4.78 is 1.44. The van der Waals surface area contributed by atoms with Gasteiger partial charge in [-0.15, -0.1) is 0 Å². The summed E-state index contributed by atoms with van der Waals surface area (Å²) >= 11 is 0. The lowest BCUT2D eigenvalue weighted by Gasteiger charge is -2.14. The first-order valence-corrected chi connectivity index (χ1v) is 7.98. The highest BCUT2D eigenvalue weighted by Gasteiger charge is 2.11. The van der Waals surface area contributed by atoms with Crippen molar-refractivity contribution in [1.29, 1.82) is 0 Å². The Labute approximate surface area is 140 Å². The van der Waals surface area contributed by atoms with Crippen LogP contribution in [0.2, 0.25) is 0 Å². The van der Waals surface area contributed by atoms with Crippen molar-refractivity contribution in [2.45, 2.75) is 19.4 Å². The number of carbonyl (C=O) groups is 1. The van der Waals surface area contributed by atoms with Gasteiger partial charge in [0.25, 0.3) is 11.5 Å². The Morgan fingerprint density at radius 1 is 1.08 bits per heavy atom. The lowest BCUT2D eigenvalue weighted by atomic mass is 10.0. The van der Waals surface area contributed by atoms with Crippen LogP contribution in [0.1, 0.15) is 22.8 Å². The van der Waals surface area contributed by atoms with E-state index >= 15 is 0 Å². The highest BCUT2D eigenvalue weighted by Crippen LogP contribution is 2.16. The molecule has 122 valence electrons.